The lowest BCUT2D eigenvalue weighted by Crippen LogP contribution is -2.43. The van der Waals surface area contributed by atoms with Crippen molar-refractivity contribution in [2.45, 2.75) is 103 Å². The Kier molecular flexibility index (Phi) is 7.55. The summed E-state index contributed by atoms with van der Waals surface area (Å²) in [7, 11) is 0. The van der Waals surface area contributed by atoms with Crippen LogP contribution < -0.4 is 4.90 Å². The first-order valence-electron chi connectivity index (χ1n) is 11.6. The molecule has 0 bridgehead atoms. The molecule has 1 aliphatic heterocycles. The monoisotopic (exact) mass is 401 g/mol. The highest BCUT2D eigenvalue weighted by Gasteiger charge is 2.33. The van der Waals surface area contributed by atoms with Gasteiger partial charge in [-0.1, -0.05) is 38.7 Å². The molecule has 1 saturated carbocycles. The van der Waals surface area contributed by atoms with E-state index in [2.05, 4.69) is 17.9 Å². The Labute approximate surface area is 176 Å². The molecule has 162 valence electrons. The topological polar surface area (TPSA) is 45.7 Å². The van der Waals surface area contributed by atoms with E-state index in [1.807, 2.05) is 33.0 Å². The van der Waals surface area contributed by atoms with Crippen LogP contribution in [0.1, 0.15) is 97.1 Å². The molecule has 0 N–H and O–H groups in total. The quantitative estimate of drug-likeness (QED) is 0.578. The lowest BCUT2D eigenvalue weighted by Gasteiger charge is -2.36. The number of amides is 1. The van der Waals surface area contributed by atoms with Crippen LogP contribution >= 0.6 is 0 Å². The second-order valence-electron chi connectivity index (χ2n) is 9.64. The molecule has 1 amide bonds. The van der Waals surface area contributed by atoms with E-state index in [9.17, 15) is 4.79 Å². The molecule has 5 nitrogen and oxygen atoms in total. The molecule has 2 aliphatic rings. The number of carbonyl (C=O) groups is 1. The maximum Gasteiger partial charge on any atom is 0.416 e. The van der Waals surface area contributed by atoms with Gasteiger partial charge in [0.1, 0.15) is 11.4 Å². The Bertz CT molecular complexity index is 647. The minimum atomic E-state index is -0.504. The third kappa shape index (κ3) is 5.94. The van der Waals surface area contributed by atoms with E-state index in [0.29, 0.717) is 6.04 Å². The Morgan fingerprint density at radius 3 is 2.52 bits per heavy atom. The molecule has 2 fully saturated rings. The molecule has 5 heteroatoms. The molecule has 1 aromatic rings. The minimum absolute atomic E-state index is 0.193. The average Bonchev–Trinajstić information content (AvgIpc) is 3.20. The smallest absolute Gasteiger partial charge is 0.416 e. The van der Waals surface area contributed by atoms with Gasteiger partial charge in [0.25, 0.3) is 0 Å². The molecule has 0 aromatic carbocycles. The first kappa shape index (κ1) is 22.1. The van der Waals surface area contributed by atoms with E-state index in [4.69, 9.17) is 9.72 Å². The van der Waals surface area contributed by atoms with Gasteiger partial charge in [-0.05, 0) is 77.6 Å². The van der Waals surface area contributed by atoms with Crippen molar-refractivity contribution < 1.29 is 9.53 Å². The summed E-state index contributed by atoms with van der Waals surface area (Å²) in [5, 5.41) is 0. The van der Waals surface area contributed by atoms with Crippen LogP contribution in [0.4, 0.5) is 10.6 Å². The molecule has 1 atom stereocenters. The van der Waals surface area contributed by atoms with E-state index >= 15 is 0 Å². The summed E-state index contributed by atoms with van der Waals surface area (Å²) in [6, 6.07) is 4.87. The summed E-state index contributed by atoms with van der Waals surface area (Å²) in [6.07, 6.45) is 12.3. The normalized spacial score (nSPS) is 21.3. The molecule has 1 aliphatic carbocycles. The second kappa shape index (κ2) is 9.92. The van der Waals surface area contributed by atoms with Gasteiger partial charge in [0.15, 0.2) is 0 Å². The standard InChI is InChI=1S/C24H39N3O2/c1-5-6-16-26-17-10-9-13-21(26)19-14-15-22(25-18-19)27(20-11-7-8-12-20)23(28)29-24(2,3)4/h14-15,18,20-21H,5-13,16-17H2,1-4H3/t21-/m1/s1. The highest BCUT2D eigenvalue weighted by Crippen LogP contribution is 2.33. The van der Waals surface area contributed by atoms with Gasteiger partial charge in [-0.15, -0.1) is 0 Å². The number of hydrogen-bond acceptors (Lipinski definition) is 4. The molecule has 0 spiro atoms. The summed E-state index contributed by atoms with van der Waals surface area (Å²) in [6.45, 7) is 10.4. The van der Waals surface area contributed by atoms with E-state index in [1.165, 1.54) is 44.2 Å². The van der Waals surface area contributed by atoms with Crippen molar-refractivity contribution in [2.24, 2.45) is 0 Å². The Morgan fingerprint density at radius 1 is 1.17 bits per heavy atom. The fraction of sp³-hybridized carbons (Fsp3) is 0.750. The van der Waals surface area contributed by atoms with Crippen molar-refractivity contribution in [1.29, 1.82) is 0 Å². The third-order valence-electron chi connectivity index (χ3n) is 6.09. The maximum atomic E-state index is 13.0. The molecular formula is C24H39N3O2. The first-order valence-corrected chi connectivity index (χ1v) is 11.6. The fourth-order valence-electron chi connectivity index (χ4n) is 4.64. The predicted octanol–water partition coefficient (Wildman–Crippen LogP) is 6.09. The number of piperidine rings is 1. The zero-order chi connectivity index (χ0) is 20.9. The van der Waals surface area contributed by atoms with Crippen molar-refractivity contribution in [3.63, 3.8) is 0 Å². The summed E-state index contributed by atoms with van der Waals surface area (Å²) >= 11 is 0. The number of unbranched alkanes of at least 4 members (excludes halogenated alkanes) is 1. The number of anilines is 1. The summed E-state index contributed by atoms with van der Waals surface area (Å²) in [5.41, 5.74) is 0.774. The number of hydrogen-bond donors (Lipinski definition) is 0. The summed E-state index contributed by atoms with van der Waals surface area (Å²) in [5.74, 6) is 0.728. The van der Waals surface area contributed by atoms with E-state index < -0.39 is 5.60 Å². The first-order chi connectivity index (χ1) is 13.9. The van der Waals surface area contributed by atoms with Gasteiger partial charge in [-0.3, -0.25) is 9.80 Å². The van der Waals surface area contributed by atoms with Crippen LogP contribution in [0.15, 0.2) is 18.3 Å². The number of pyridine rings is 1. The molecule has 2 heterocycles. The van der Waals surface area contributed by atoms with Gasteiger partial charge in [-0.25, -0.2) is 9.78 Å². The van der Waals surface area contributed by atoms with Crippen molar-refractivity contribution in [2.75, 3.05) is 18.0 Å². The van der Waals surface area contributed by atoms with Gasteiger partial charge in [-0.2, -0.15) is 0 Å². The van der Waals surface area contributed by atoms with Gasteiger partial charge in [0.05, 0.1) is 0 Å². The van der Waals surface area contributed by atoms with Gasteiger partial charge in [0.2, 0.25) is 0 Å². The van der Waals surface area contributed by atoms with Crippen LogP contribution in [-0.2, 0) is 4.74 Å². The number of carbonyl (C=O) groups excluding carboxylic acids is 1. The lowest BCUT2D eigenvalue weighted by molar-refractivity contribution is 0.0564. The van der Waals surface area contributed by atoms with Gasteiger partial charge in [0, 0.05) is 18.3 Å². The average molecular weight is 402 g/mol. The van der Waals surface area contributed by atoms with Crippen LogP contribution in [0.25, 0.3) is 0 Å². The highest BCUT2D eigenvalue weighted by atomic mass is 16.6. The molecule has 0 radical (unpaired) electrons. The third-order valence-corrected chi connectivity index (χ3v) is 6.09. The fourth-order valence-corrected chi connectivity index (χ4v) is 4.64. The van der Waals surface area contributed by atoms with Crippen LogP contribution in [0.5, 0.6) is 0 Å². The van der Waals surface area contributed by atoms with Crippen LogP contribution in [0.3, 0.4) is 0 Å². The lowest BCUT2D eigenvalue weighted by atomic mass is 9.96. The second-order valence-corrected chi connectivity index (χ2v) is 9.64. The summed E-state index contributed by atoms with van der Waals surface area (Å²) < 4.78 is 5.71. The number of rotatable bonds is 6. The molecule has 3 rings (SSSR count). The van der Waals surface area contributed by atoms with Crippen LogP contribution in [-0.4, -0.2) is 40.7 Å². The Morgan fingerprint density at radius 2 is 1.90 bits per heavy atom. The Balaban J connectivity index is 1.78. The van der Waals surface area contributed by atoms with Gasteiger partial charge < -0.3 is 4.74 Å². The molecule has 1 aromatic heterocycles. The minimum Gasteiger partial charge on any atom is -0.443 e. The van der Waals surface area contributed by atoms with E-state index in [0.717, 1.165) is 38.0 Å². The molecular weight excluding hydrogens is 362 g/mol. The van der Waals surface area contributed by atoms with Crippen molar-refractivity contribution in [3.05, 3.63) is 23.9 Å². The van der Waals surface area contributed by atoms with Crippen LogP contribution in [0, 0.1) is 0 Å². The Hall–Kier alpha value is -1.62. The SMILES string of the molecule is CCCCN1CCCC[C@@H]1c1ccc(N(C(=O)OC(C)(C)C)C2CCCC2)nc1. The molecule has 0 unspecified atom stereocenters. The maximum absolute atomic E-state index is 13.0. The largest absolute Gasteiger partial charge is 0.443 e. The number of likely N-dealkylation sites (tertiary alicyclic amines) is 1. The number of ether oxygens (including phenoxy) is 1. The number of nitrogens with zero attached hydrogens (tertiary/aromatic N) is 3. The van der Waals surface area contributed by atoms with Crippen molar-refractivity contribution in [1.82, 2.24) is 9.88 Å². The molecule has 29 heavy (non-hydrogen) atoms. The predicted molar refractivity (Wildman–Crippen MR) is 118 cm³/mol. The number of aromatic nitrogens is 1. The zero-order valence-electron chi connectivity index (χ0n) is 18.8. The highest BCUT2D eigenvalue weighted by molar-refractivity contribution is 5.87. The van der Waals surface area contributed by atoms with Crippen LogP contribution in [0.2, 0.25) is 0 Å². The summed E-state index contributed by atoms with van der Waals surface area (Å²) in [4.78, 5) is 22.1. The van der Waals surface area contributed by atoms with Crippen molar-refractivity contribution >= 4 is 11.9 Å². The zero-order valence-corrected chi connectivity index (χ0v) is 18.8. The van der Waals surface area contributed by atoms with Gasteiger partial charge >= 0.3 is 6.09 Å². The van der Waals surface area contributed by atoms with E-state index in [-0.39, 0.29) is 12.1 Å². The molecule has 1 saturated heterocycles. The van der Waals surface area contributed by atoms with E-state index in [1.54, 1.807) is 4.90 Å². The van der Waals surface area contributed by atoms with Crippen molar-refractivity contribution in [3.8, 4) is 0 Å².